The molecule has 0 saturated carbocycles. The summed E-state index contributed by atoms with van der Waals surface area (Å²) >= 11 is 1.59. The standard InChI is InChI=1S/C25H33FN2O3S/c1-2-3-4-9-24(29)28(17-22-7-5-14-31-22)19-25(30)27(18-23-8-6-15-32-23)16-20-10-12-21(26)13-11-20/h6,8,10-13,15,22H,2-5,7,9,14,16-19H2,1H3. The average molecular weight is 461 g/mol. The zero-order chi connectivity index (χ0) is 22.8. The molecule has 0 aliphatic carbocycles. The minimum absolute atomic E-state index is 0.000713. The van der Waals surface area contributed by atoms with E-state index in [1.165, 1.54) is 12.1 Å². The van der Waals surface area contributed by atoms with Crippen molar-refractivity contribution in [1.29, 1.82) is 0 Å². The van der Waals surface area contributed by atoms with E-state index in [0.717, 1.165) is 42.5 Å². The maximum atomic E-state index is 13.4. The van der Waals surface area contributed by atoms with E-state index in [1.807, 2.05) is 17.5 Å². The van der Waals surface area contributed by atoms with E-state index >= 15 is 0 Å². The molecule has 0 radical (unpaired) electrons. The van der Waals surface area contributed by atoms with Crippen LogP contribution in [0.3, 0.4) is 0 Å². The largest absolute Gasteiger partial charge is 0.376 e. The Kier molecular flexibility index (Phi) is 9.68. The van der Waals surface area contributed by atoms with Gasteiger partial charge in [0.1, 0.15) is 5.82 Å². The molecule has 7 heteroatoms. The first-order valence-corrected chi connectivity index (χ1v) is 12.4. The Balaban J connectivity index is 1.71. The van der Waals surface area contributed by atoms with Crippen LogP contribution in [0.4, 0.5) is 4.39 Å². The summed E-state index contributed by atoms with van der Waals surface area (Å²) in [7, 11) is 0. The lowest BCUT2D eigenvalue weighted by Crippen LogP contribution is -2.45. The molecule has 0 bridgehead atoms. The molecule has 1 unspecified atom stereocenters. The van der Waals surface area contributed by atoms with Gasteiger partial charge in [0.15, 0.2) is 0 Å². The number of ether oxygens (including phenoxy) is 1. The number of carbonyl (C=O) groups is 2. The Morgan fingerprint density at radius 1 is 1.09 bits per heavy atom. The summed E-state index contributed by atoms with van der Waals surface area (Å²) in [5.41, 5.74) is 0.858. The fourth-order valence-corrected chi connectivity index (χ4v) is 4.59. The Morgan fingerprint density at radius 2 is 1.91 bits per heavy atom. The zero-order valence-corrected chi connectivity index (χ0v) is 19.6. The molecule has 5 nitrogen and oxygen atoms in total. The number of thiophene rings is 1. The van der Waals surface area contributed by atoms with Crippen LogP contribution in [0.15, 0.2) is 41.8 Å². The molecule has 174 valence electrons. The normalized spacial score (nSPS) is 15.6. The monoisotopic (exact) mass is 460 g/mol. The second-order valence-corrected chi connectivity index (χ2v) is 9.35. The second kappa shape index (κ2) is 12.7. The van der Waals surface area contributed by atoms with Crippen LogP contribution in [-0.4, -0.2) is 47.4 Å². The predicted octanol–water partition coefficient (Wildman–Crippen LogP) is 5.00. The predicted molar refractivity (Wildman–Crippen MR) is 125 cm³/mol. The first kappa shape index (κ1) is 24.4. The lowest BCUT2D eigenvalue weighted by atomic mass is 10.1. The van der Waals surface area contributed by atoms with Gasteiger partial charge < -0.3 is 14.5 Å². The molecule has 0 spiro atoms. The molecule has 1 fully saturated rings. The van der Waals surface area contributed by atoms with Gasteiger partial charge in [-0.1, -0.05) is 38.0 Å². The first-order valence-electron chi connectivity index (χ1n) is 11.5. The molecule has 2 aromatic rings. The molecule has 1 aliphatic heterocycles. The number of hydrogen-bond acceptors (Lipinski definition) is 4. The Morgan fingerprint density at radius 3 is 2.56 bits per heavy atom. The van der Waals surface area contributed by atoms with Crippen molar-refractivity contribution >= 4 is 23.2 Å². The van der Waals surface area contributed by atoms with Crippen LogP contribution in [0.5, 0.6) is 0 Å². The lowest BCUT2D eigenvalue weighted by molar-refractivity contribution is -0.142. The maximum absolute atomic E-state index is 13.4. The van der Waals surface area contributed by atoms with Crippen molar-refractivity contribution < 1.29 is 18.7 Å². The Hall–Kier alpha value is -2.25. The molecule has 3 rings (SSSR count). The number of hydrogen-bond donors (Lipinski definition) is 0. The zero-order valence-electron chi connectivity index (χ0n) is 18.8. The first-order chi connectivity index (χ1) is 15.5. The van der Waals surface area contributed by atoms with Gasteiger partial charge in [-0.2, -0.15) is 0 Å². The highest BCUT2D eigenvalue weighted by molar-refractivity contribution is 7.09. The van der Waals surface area contributed by atoms with Crippen molar-refractivity contribution in [1.82, 2.24) is 9.80 Å². The molecule has 1 saturated heterocycles. The highest BCUT2D eigenvalue weighted by atomic mass is 32.1. The maximum Gasteiger partial charge on any atom is 0.242 e. The number of rotatable bonds is 12. The van der Waals surface area contributed by atoms with Crippen molar-refractivity contribution in [2.24, 2.45) is 0 Å². The van der Waals surface area contributed by atoms with Gasteiger partial charge in [0, 0.05) is 31.0 Å². The topological polar surface area (TPSA) is 49.9 Å². The van der Waals surface area contributed by atoms with Crippen molar-refractivity contribution in [3.05, 3.63) is 58.0 Å². The number of amides is 2. The van der Waals surface area contributed by atoms with Gasteiger partial charge in [0.25, 0.3) is 0 Å². The van der Waals surface area contributed by atoms with Crippen LogP contribution in [0.1, 0.15) is 55.9 Å². The van der Waals surface area contributed by atoms with Gasteiger partial charge in [-0.15, -0.1) is 11.3 Å². The summed E-state index contributed by atoms with van der Waals surface area (Å²) in [5.74, 6) is -0.394. The number of carbonyl (C=O) groups excluding carboxylic acids is 2. The van der Waals surface area contributed by atoms with Crippen molar-refractivity contribution in [2.45, 2.75) is 64.6 Å². The summed E-state index contributed by atoms with van der Waals surface area (Å²) in [4.78, 5) is 30.8. The fraction of sp³-hybridized carbons (Fsp3) is 0.520. The molecule has 2 amide bonds. The molecular formula is C25H33FN2O3S. The van der Waals surface area contributed by atoms with E-state index in [1.54, 1.807) is 33.3 Å². The molecule has 2 heterocycles. The molecular weight excluding hydrogens is 427 g/mol. The van der Waals surface area contributed by atoms with E-state index < -0.39 is 0 Å². The van der Waals surface area contributed by atoms with E-state index in [-0.39, 0.29) is 30.3 Å². The van der Waals surface area contributed by atoms with Crippen LogP contribution in [0.25, 0.3) is 0 Å². The summed E-state index contributed by atoms with van der Waals surface area (Å²) in [6.45, 7) is 4.15. The third-order valence-electron chi connectivity index (χ3n) is 5.69. The van der Waals surface area contributed by atoms with Crippen LogP contribution < -0.4 is 0 Å². The van der Waals surface area contributed by atoms with E-state index in [4.69, 9.17) is 4.74 Å². The minimum Gasteiger partial charge on any atom is -0.376 e. The Bertz CT molecular complexity index is 835. The van der Waals surface area contributed by atoms with E-state index in [0.29, 0.717) is 32.7 Å². The fourth-order valence-electron chi connectivity index (χ4n) is 3.87. The third-order valence-corrected chi connectivity index (χ3v) is 6.55. The molecule has 1 aliphatic rings. The van der Waals surface area contributed by atoms with Crippen LogP contribution >= 0.6 is 11.3 Å². The third kappa shape index (κ3) is 7.71. The van der Waals surface area contributed by atoms with Gasteiger partial charge in [-0.25, -0.2) is 4.39 Å². The number of benzene rings is 1. The van der Waals surface area contributed by atoms with Crippen molar-refractivity contribution in [2.75, 3.05) is 19.7 Å². The van der Waals surface area contributed by atoms with Gasteiger partial charge in [-0.05, 0) is 48.4 Å². The average Bonchev–Trinajstić information content (AvgIpc) is 3.48. The lowest BCUT2D eigenvalue weighted by Gasteiger charge is -2.29. The highest BCUT2D eigenvalue weighted by Gasteiger charge is 2.26. The quantitative estimate of drug-likeness (QED) is 0.419. The van der Waals surface area contributed by atoms with Gasteiger partial charge in [0.05, 0.1) is 19.2 Å². The number of halogens is 1. The molecule has 1 aromatic heterocycles. The summed E-state index contributed by atoms with van der Waals surface area (Å²) in [5, 5.41) is 1.98. The van der Waals surface area contributed by atoms with Gasteiger partial charge in [-0.3, -0.25) is 9.59 Å². The number of nitrogens with zero attached hydrogens (tertiary/aromatic N) is 2. The van der Waals surface area contributed by atoms with Gasteiger partial charge >= 0.3 is 0 Å². The molecule has 1 aromatic carbocycles. The molecule has 32 heavy (non-hydrogen) atoms. The van der Waals surface area contributed by atoms with E-state index in [9.17, 15) is 14.0 Å². The number of unbranched alkanes of at least 4 members (excludes halogenated alkanes) is 2. The SMILES string of the molecule is CCCCCC(=O)N(CC(=O)N(Cc1ccc(F)cc1)Cc1cccs1)CC1CCCO1. The van der Waals surface area contributed by atoms with Gasteiger partial charge in [0.2, 0.25) is 11.8 Å². The summed E-state index contributed by atoms with van der Waals surface area (Å²) in [6, 6.07) is 10.2. The second-order valence-electron chi connectivity index (χ2n) is 8.32. The van der Waals surface area contributed by atoms with Crippen molar-refractivity contribution in [3.8, 4) is 0 Å². The molecule has 0 N–H and O–H groups in total. The van der Waals surface area contributed by atoms with Crippen molar-refractivity contribution in [3.63, 3.8) is 0 Å². The van der Waals surface area contributed by atoms with E-state index in [2.05, 4.69) is 6.92 Å². The summed E-state index contributed by atoms with van der Waals surface area (Å²) in [6.07, 6.45) is 5.25. The van der Waals surface area contributed by atoms with Crippen LogP contribution in [-0.2, 0) is 27.4 Å². The van der Waals surface area contributed by atoms with Crippen LogP contribution in [0.2, 0.25) is 0 Å². The minimum atomic E-state index is -0.301. The summed E-state index contributed by atoms with van der Waals surface area (Å²) < 4.78 is 19.1. The Labute approximate surface area is 194 Å². The highest BCUT2D eigenvalue weighted by Crippen LogP contribution is 2.18. The molecule has 1 atom stereocenters. The van der Waals surface area contributed by atoms with Crippen LogP contribution in [0, 0.1) is 5.82 Å². The smallest absolute Gasteiger partial charge is 0.242 e.